The van der Waals surface area contributed by atoms with E-state index in [0.717, 1.165) is 44.9 Å². The Balaban J connectivity index is 2.07. The molecule has 19 heavy (non-hydrogen) atoms. The second-order valence-electron chi connectivity index (χ2n) is 6.37. The lowest BCUT2D eigenvalue weighted by molar-refractivity contribution is -0.138. The van der Waals surface area contributed by atoms with Crippen molar-refractivity contribution >= 4 is 15.8 Å². The van der Waals surface area contributed by atoms with Crippen LogP contribution in [0.4, 0.5) is 0 Å². The first-order chi connectivity index (χ1) is 8.88. The van der Waals surface area contributed by atoms with Gasteiger partial charge in [0.25, 0.3) is 0 Å². The van der Waals surface area contributed by atoms with Gasteiger partial charge in [0.2, 0.25) is 0 Å². The van der Waals surface area contributed by atoms with Gasteiger partial charge in [-0.25, -0.2) is 8.42 Å². The van der Waals surface area contributed by atoms with Crippen molar-refractivity contribution in [3.63, 3.8) is 0 Å². The van der Waals surface area contributed by atoms with Crippen molar-refractivity contribution in [2.45, 2.75) is 63.5 Å². The first-order valence-electron chi connectivity index (χ1n) is 7.32. The van der Waals surface area contributed by atoms with Crippen LogP contribution in [0.3, 0.4) is 0 Å². The highest BCUT2D eigenvalue weighted by molar-refractivity contribution is 7.92. The summed E-state index contributed by atoms with van der Waals surface area (Å²) in [6, 6.07) is 0. The van der Waals surface area contributed by atoms with Crippen LogP contribution in [0.15, 0.2) is 0 Å². The maximum absolute atomic E-state index is 12.6. The van der Waals surface area contributed by atoms with Crippen LogP contribution in [-0.4, -0.2) is 30.5 Å². The number of aliphatic carboxylic acids is 1. The summed E-state index contributed by atoms with van der Waals surface area (Å²) >= 11 is 0. The average molecular weight is 288 g/mol. The van der Waals surface area contributed by atoms with Crippen molar-refractivity contribution in [3.8, 4) is 0 Å². The topological polar surface area (TPSA) is 71.4 Å². The van der Waals surface area contributed by atoms with Gasteiger partial charge < -0.3 is 5.11 Å². The van der Waals surface area contributed by atoms with E-state index in [1.165, 1.54) is 0 Å². The summed E-state index contributed by atoms with van der Waals surface area (Å²) in [6.07, 6.45) is 6.32. The summed E-state index contributed by atoms with van der Waals surface area (Å²) in [7, 11) is -3.15. The van der Waals surface area contributed by atoms with Gasteiger partial charge in [0.1, 0.15) is 0 Å². The highest BCUT2D eigenvalue weighted by Crippen LogP contribution is 2.51. The molecular formula is C14H24O4S. The Morgan fingerprint density at radius 3 is 2.42 bits per heavy atom. The number of rotatable bonds is 6. The Bertz CT molecular complexity index is 436. The first kappa shape index (κ1) is 14.8. The van der Waals surface area contributed by atoms with E-state index < -0.39 is 21.2 Å². The van der Waals surface area contributed by atoms with E-state index in [-0.39, 0.29) is 23.3 Å². The Hall–Kier alpha value is -0.580. The van der Waals surface area contributed by atoms with Gasteiger partial charge >= 0.3 is 5.97 Å². The Morgan fingerprint density at radius 2 is 1.89 bits per heavy atom. The zero-order chi connectivity index (χ0) is 14.1. The molecule has 2 aliphatic rings. The fourth-order valence-electron chi connectivity index (χ4n) is 3.52. The maximum Gasteiger partial charge on any atom is 0.303 e. The SMILES string of the molecule is CCC1CCCCC1S(=O)(=O)CC1(CC(=O)O)CC1. The molecule has 0 bridgehead atoms. The van der Waals surface area contributed by atoms with Crippen molar-refractivity contribution in [2.75, 3.05) is 5.75 Å². The molecule has 0 heterocycles. The van der Waals surface area contributed by atoms with Crippen molar-refractivity contribution in [2.24, 2.45) is 11.3 Å². The molecule has 0 spiro atoms. The van der Waals surface area contributed by atoms with Crippen LogP contribution in [-0.2, 0) is 14.6 Å². The summed E-state index contributed by atoms with van der Waals surface area (Å²) < 4.78 is 25.2. The van der Waals surface area contributed by atoms with E-state index in [1.807, 2.05) is 0 Å². The van der Waals surface area contributed by atoms with Crippen molar-refractivity contribution in [1.82, 2.24) is 0 Å². The van der Waals surface area contributed by atoms with E-state index in [9.17, 15) is 13.2 Å². The molecule has 0 radical (unpaired) electrons. The van der Waals surface area contributed by atoms with Gasteiger partial charge in [0, 0.05) is 0 Å². The lowest BCUT2D eigenvalue weighted by Crippen LogP contribution is -2.36. The standard InChI is InChI=1S/C14H24O4S/c1-2-11-5-3-4-6-12(11)19(17,18)10-14(7-8-14)9-13(15)16/h11-12H,2-10H2,1H3,(H,15,16). The maximum atomic E-state index is 12.6. The Morgan fingerprint density at radius 1 is 1.26 bits per heavy atom. The highest BCUT2D eigenvalue weighted by Gasteiger charge is 2.49. The minimum atomic E-state index is -3.15. The minimum absolute atomic E-state index is 0.00966. The number of carbonyl (C=O) groups is 1. The Kier molecular flexibility index (Phi) is 4.23. The third-order valence-corrected chi connectivity index (χ3v) is 7.37. The third-order valence-electron chi connectivity index (χ3n) is 4.82. The van der Waals surface area contributed by atoms with Crippen LogP contribution in [0.2, 0.25) is 0 Å². The van der Waals surface area contributed by atoms with Crippen LogP contribution in [0.25, 0.3) is 0 Å². The molecule has 2 unspecified atom stereocenters. The molecule has 0 amide bonds. The van der Waals surface area contributed by atoms with Gasteiger partial charge in [0.15, 0.2) is 9.84 Å². The number of carboxylic acids is 1. The van der Waals surface area contributed by atoms with E-state index in [1.54, 1.807) is 0 Å². The number of carboxylic acid groups (broad SMARTS) is 1. The van der Waals surface area contributed by atoms with Crippen LogP contribution >= 0.6 is 0 Å². The van der Waals surface area contributed by atoms with Crippen LogP contribution < -0.4 is 0 Å². The molecule has 2 saturated carbocycles. The van der Waals surface area contributed by atoms with Gasteiger partial charge in [-0.15, -0.1) is 0 Å². The molecule has 110 valence electrons. The molecule has 0 aromatic rings. The van der Waals surface area contributed by atoms with E-state index in [2.05, 4.69) is 6.92 Å². The molecule has 2 atom stereocenters. The Labute approximate surface area is 115 Å². The predicted octanol–water partition coefficient (Wildman–Crippen LogP) is 2.62. The second-order valence-corrected chi connectivity index (χ2v) is 8.59. The quantitative estimate of drug-likeness (QED) is 0.815. The van der Waals surface area contributed by atoms with E-state index >= 15 is 0 Å². The summed E-state index contributed by atoms with van der Waals surface area (Å²) in [6.45, 7) is 2.06. The second kappa shape index (κ2) is 5.43. The molecule has 0 saturated heterocycles. The van der Waals surface area contributed by atoms with Crippen LogP contribution in [0.1, 0.15) is 58.3 Å². The molecule has 0 aromatic heterocycles. The third kappa shape index (κ3) is 3.50. The van der Waals surface area contributed by atoms with Crippen molar-refractivity contribution in [1.29, 1.82) is 0 Å². The zero-order valence-electron chi connectivity index (χ0n) is 11.6. The van der Waals surface area contributed by atoms with Crippen molar-refractivity contribution in [3.05, 3.63) is 0 Å². The summed E-state index contributed by atoms with van der Waals surface area (Å²) in [4.78, 5) is 10.8. The first-order valence-corrected chi connectivity index (χ1v) is 9.03. The van der Waals surface area contributed by atoms with Gasteiger partial charge in [-0.3, -0.25) is 4.79 Å². The molecule has 4 nitrogen and oxygen atoms in total. The zero-order valence-corrected chi connectivity index (χ0v) is 12.4. The normalized spacial score (nSPS) is 29.9. The van der Waals surface area contributed by atoms with Gasteiger partial charge in [0.05, 0.1) is 17.4 Å². The molecule has 5 heteroatoms. The summed E-state index contributed by atoms with van der Waals surface area (Å²) in [5.74, 6) is -0.504. The highest BCUT2D eigenvalue weighted by atomic mass is 32.2. The fraction of sp³-hybridized carbons (Fsp3) is 0.929. The molecule has 0 aliphatic heterocycles. The van der Waals surface area contributed by atoms with Gasteiger partial charge in [-0.2, -0.15) is 0 Å². The monoisotopic (exact) mass is 288 g/mol. The average Bonchev–Trinajstić information content (AvgIpc) is 3.06. The number of hydrogen-bond acceptors (Lipinski definition) is 3. The smallest absolute Gasteiger partial charge is 0.303 e. The number of sulfone groups is 1. The molecule has 2 fully saturated rings. The molecule has 0 aromatic carbocycles. The summed E-state index contributed by atoms with van der Waals surface area (Å²) in [5.41, 5.74) is -0.444. The van der Waals surface area contributed by atoms with Crippen LogP contribution in [0, 0.1) is 11.3 Å². The lowest BCUT2D eigenvalue weighted by atomic mass is 9.87. The van der Waals surface area contributed by atoms with Crippen LogP contribution in [0.5, 0.6) is 0 Å². The molecule has 2 aliphatic carbocycles. The fourth-order valence-corrected chi connectivity index (χ4v) is 6.42. The largest absolute Gasteiger partial charge is 0.481 e. The van der Waals surface area contributed by atoms with Gasteiger partial charge in [-0.05, 0) is 37.0 Å². The molecule has 2 rings (SSSR count). The van der Waals surface area contributed by atoms with Gasteiger partial charge in [-0.1, -0.05) is 26.2 Å². The lowest BCUT2D eigenvalue weighted by Gasteiger charge is -2.31. The van der Waals surface area contributed by atoms with E-state index in [0.29, 0.717) is 0 Å². The van der Waals surface area contributed by atoms with Crippen molar-refractivity contribution < 1.29 is 18.3 Å². The molecular weight excluding hydrogens is 264 g/mol. The minimum Gasteiger partial charge on any atom is -0.481 e. The van der Waals surface area contributed by atoms with E-state index in [4.69, 9.17) is 5.11 Å². The summed E-state index contributed by atoms with van der Waals surface area (Å²) in [5, 5.41) is 8.68. The number of hydrogen-bond donors (Lipinski definition) is 1. The molecule has 1 N–H and O–H groups in total. The predicted molar refractivity (Wildman–Crippen MR) is 73.7 cm³/mol.